The highest BCUT2D eigenvalue weighted by Gasteiger charge is 2.08. The molecule has 0 aliphatic carbocycles. The van der Waals surface area contributed by atoms with Crippen LogP contribution in [0, 0.1) is 20.2 Å². The van der Waals surface area contributed by atoms with Gasteiger partial charge in [-0.3, -0.25) is 20.2 Å². The van der Waals surface area contributed by atoms with Crippen molar-refractivity contribution in [3.05, 3.63) is 117 Å². The summed E-state index contributed by atoms with van der Waals surface area (Å²) in [6, 6.07) is 22.6. The SMILES string of the molecule is O=[N+]([O-])c1cnc2cc(O)ccc2c1.O=[N+]([O-])c1cnc2cc(OCc3ccccc3)ccc2c1. The standard InChI is InChI=1S/C16H12N2O3.C9H6N2O3/c19-18(20)14-8-13-6-7-15(9-16(13)17-10-14)21-11-12-4-2-1-3-5-12;12-8-2-1-6-3-7(11(13)14)5-10-9(6)4-8/h1-10H,11H2;1-5,12H. The number of fused-ring (bicyclic) bond motifs is 2. The van der Waals surface area contributed by atoms with Crippen LogP contribution in [0.25, 0.3) is 21.8 Å². The fourth-order valence-corrected chi connectivity index (χ4v) is 3.22. The lowest BCUT2D eigenvalue weighted by Gasteiger charge is -2.07. The van der Waals surface area contributed by atoms with E-state index in [0.717, 1.165) is 10.9 Å². The number of hydrogen-bond acceptors (Lipinski definition) is 8. The van der Waals surface area contributed by atoms with Gasteiger partial charge in [0.25, 0.3) is 11.4 Å². The molecule has 2 heterocycles. The number of benzene rings is 3. The number of aromatic hydroxyl groups is 1. The van der Waals surface area contributed by atoms with Crippen LogP contribution in [0.5, 0.6) is 11.5 Å². The number of nitrogens with zero attached hydrogens (tertiary/aromatic N) is 4. The van der Waals surface area contributed by atoms with Crippen LogP contribution in [0.15, 0.2) is 91.3 Å². The maximum atomic E-state index is 10.7. The minimum atomic E-state index is -0.501. The van der Waals surface area contributed by atoms with Crippen LogP contribution in [0.1, 0.15) is 5.56 Å². The van der Waals surface area contributed by atoms with Gasteiger partial charge in [0, 0.05) is 35.0 Å². The van der Waals surface area contributed by atoms with E-state index in [-0.39, 0.29) is 17.1 Å². The molecule has 0 radical (unpaired) electrons. The third-order valence-electron chi connectivity index (χ3n) is 4.96. The van der Waals surface area contributed by atoms with E-state index in [9.17, 15) is 20.2 Å². The van der Waals surface area contributed by atoms with E-state index in [4.69, 9.17) is 9.84 Å². The van der Waals surface area contributed by atoms with Gasteiger partial charge in [0.2, 0.25) is 0 Å². The average molecular weight is 470 g/mol. The zero-order valence-corrected chi connectivity index (χ0v) is 18.1. The number of phenols is 1. The largest absolute Gasteiger partial charge is 0.508 e. The summed E-state index contributed by atoms with van der Waals surface area (Å²) < 4.78 is 5.70. The molecule has 2 aromatic heterocycles. The van der Waals surface area contributed by atoms with E-state index >= 15 is 0 Å². The van der Waals surface area contributed by atoms with Crippen LogP contribution in [0.4, 0.5) is 11.4 Å². The van der Waals surface area contributed by atoms with Crippen molar-refractivity contribution in [2.45, 2.75) is 6.61 Å². The highest BCUT2D eigenvalue weighted by atomic mass is 16.6. The monoisotopic (exact) mass is 470 g/mol. The lowest BCUT2D eigenvalue weighted by Crippen LogP contribution is -1.95. The van der Waals surface area contributed by atoms with Gasteiger partial charge in [-0.25, -0.2) is 9.97 Å². The Balaban J connectivity index is 0.000000179. The first-order valence-electron chi connectivity index (χ1n) is 10.3. The Labute approximate surface area is 198 Å². The quantitative estimate of drug-likeness (QED) is 0.259. The molecule has 10 nitrogen and oxygen atoms in total. The zero-order chi connectivity index (χ0) is 24.8. The number of ether oxygens (including phenoxy) is 1. The van der Waals surface area contributed by atoms with Crippen LogP contribution in [0.2, 0.25) is 0 Å². The van der Waals surface area contributed by atoms with Crippen molar-refractivity contribution in [3.63, 3.8) is 0 Å². The summed E-state index contributed by atoms with van der Waals surface area (Å²) in [5, 5.41) is 31.6. The molecular formula is C25H18N4O6. The number of aromatic nitrogens is 2. The van der Waals surface area contributed by atoms with Gasteiger partial charge in [-0.2, -0.15) is 0 Å². The van der Waals surface area contributed by atoms with Crippen molar-refractivity contribution in [2.75, 3.05) is 0 Å². The second-order valence-corrected chi connectivity index (χ2v) is 7.41. The molecule has 0 atom stereocenters. The maximum absolute atomic E-state index is 10.7. The second kappa shape index (κ2) is 10.2. The van der Waals surface area contributed by atoms with Crippen molar-refractivity contribution < 1.29 is 19.7 Å². The number of hydrogen-bond donors (Lipinski definition) is 1. The van der Waals surface area contributed by atoms with Crippen LogP contribution >= 0.6 is 0 Å². The number of phenolic OH excluding ortho intramolecular Hbond substituents is 1. The van der Waals surface area contributed by atoms with E-state index in [1.807, 2.05) is 30.3 Å². The first kappa shape index (κ1) is 23.1. The van der Waals surface area contributed by atoms with Crippen LogP contribution < -0.4 is 4.74 Å². The number of nitro groups is 2. The molecule has 5 aromatic rings. The minimum Gasteiger partial charge on any atom is -0.508 e. The molecule has 0 saturated heterocycles. The summed E-state index contributed by atoms with van der Waals surface area (Å²) in [7, 11) is 0. The molecule has 0 saturated carbocycles. The molecule has 0 amide bonds. The first-order chi connectivity index (χ1) is 16.9. The van der Waals surface area contributed by atoms with E-state index in [1.165, 1.54) is 36.7 Å². The molecule has 5 rings (SSSR count). The summed E-state index contributed by atoms with van der Waals surface area (Å²) >= 11 is 0. The molecule has 174 valence electrons. The number of rotatable bonds is 5. The fourth-order valence-electron chi connectivity index (χ4n) is 3.22. The van der Waals surface area contributed by atoms with Crippen LogP contribution in [-0.2, 0) is 6.61 Å². The van der Waals surface area contributed by atoms with Crippen molar-refractivity contribution in [1.29, 1.82) is 0 Å². The molecule has 0 aliphatic heterocycles. The molecule has 3 aromatic carbocycles. The van der Waals surface area contributed by atoms with Gasteiger partial charge >= 0.3 is 0 Å². The summed E-state index contributed by atoms with van der Waals surface area (Å²) in [6.07, 6.45) is 2.42. The normalized spacial score (nSPS) is 10.4. The van der Waals surface area contributed by atoms with Gasteiger partial charge in [-0.05, 0) is 29.8 Å². The minimum absolute atomic E-state index is 0.0135. The van der Waals surface area contributed by atoms with Crippen LogP contribution in [0.3, 0.4) is 0 Å². The Morgan fingerprint density at radius 3 is 1.91 bits per heavy atom. The van der Waals surface area contributed by atoms with Gasteiger partial charge in [0.1, 0.15) is 30.5 Å². The first-order valence-corrected chi connectivity index (χ1v) is 10.3. The van der Waals surface area contributed by atoms with Gasteiger partial charge in [-0.1, -0.05) is 30.3 Å². The average Bonchev–Trinajstić information content (AvgIpc) is 2.87. The Morgan fingerprint density at radius 1 is 0.743 bits per heavy atom. The van der Waals surface area contributed by atoms with Gasteiger partial charge in [-0.15, -0.1) is 0 Å². The van der Waals surface area contributed by atoms with E-state index < -0.39 is 9.85 Å². The molecule has 35 heavy (non-hydrogen) atoms. The third-order valence-corrected chi connectivity index (χ3v) is 4.96. The molecule has 0 bridgehead atoms. The highest BCUT2D eigenvalue weighted by Crippen LogP contribution is 2.24. The van der Waals surface area contributed by atoms with Crippen molar-refractivity contribution in [2.24, 2.45) is 0 Å². The highest BCUT2D eigenvalue weighted by molar-refractivity contribution is 5.82. The molecular weight excluding hydrogens is 452 g/mol. The smallest absolute Gasteiger partial charge is 0.288 e. The topological polar surface area (TPSA) is 142 Å². The van der Waals surface area contributed by atoms with Gasteiger partial charge in [0.15, 0.2) is 0 Å². The molecule has 0 unspecified atom stereocenters. The molecule has 0 aliphatic rings. The zero-order valence-electron chi connectivity index (χ0n) is 18.1. The molecule has 10 heteroatoms. The van der Waals surface area contributed by atoms with Crippen molar-refractivity contribution in [3.8, 4) is 11.5 Å². The summed E-state index contributed by atoms with van der Waals surface area (Å²) in [4.78, 5) is 28.1. The Morgan fingerprint density at radius 2 is 1.31 bits per heavy atom. The van der Waals surface area contributed by atoms with E-state index in [2.05, 4.69) is 9.97 Å². The number of pyridine rings is 2. The summed E-state index contributed by atoms with van der Waals surface area (Å²) in [6.45, 7) is 0.472. The molecule has 1 N–H and O–H groups in total. The second-order valence-electron chi connectivity index (χ2n) is 7.41. The van der Waals surface area contributed by atoms with E-state index in [0.29, 0.717) is 28.8 Å². The Hall–Kier alpha value is -5.12. The van der Waals surface area contributed by atoms with E-state index in [1.54, 1.807) is 24.3 Å². The van der Waals surface area contributed by atoms with Crippen LogP contribution in [-0.4, -0.2) is 24.9 Å². The molecule has 0 spiro atoms. The van der Waals surface area contributed by atoms with Gasteiger partial charge in [0.05, 0.1) is 20.9 Å². The lowest BCUT2D eigenvalue weighted by atomic mass is 10.2. The van der Waals surface area contributed by atoms with Crippen molar-refractivity contribution in [1.82, 2.24) is 9.97 Å². The molecule has 0 fully saturated rings. The maximum Gasteiger partial charge on any atom is 0.288 e. The predicted octanol–water partition coefficient (Wildman–Crippen LogP) is 5.57. The Kier molecular flexibility index (Phi) is 6.73. The van der Waals surface area contributed by atoms with Crippen molar-refractivity contribution >= 4 is 33.2 Å². The summed E-state index contributed by atoms with van der Waals surface area (Å²) in [5.74, 6) is 0.784. The fraction of sp³-hybridized carbons (Fsp3) is 0.0400. The summed E-state index contributed by atoms with van der Waals surface area (Å²) in [5.41, 5.74) is 2.22. The Bertz CT molecular complexity index is 1530. The lowest BCUT2D eigenvalue weighted by molar-refractivity contribution is -0.385. The predicted molar refractivity (Wildman–Crippen MR) is 129 cm³/mol. The van der Waals surface area contributed by atoms with Gasteiger partial charge < -0.3 is 9.84 Å². The third kappa shape index (κ3) is 5.82.